The van der Waals surface area contributed by atoms with Gasteiger partial charge < -0.3 is 4.74 Å². The molecule has 0 bridgehead atoms. The summed E-state index contributed by atoms with van der Waals surface area (Å²) >= 11 is 6.14. The van der Waals surface area contributed by atoms with E-state index in [1.807, 2.05) is 0 Å². The average molecular weight is 317 g/mol. The second-order valence-electron chi connectivity index (χ2n) is 4.57. The zero-order valence-corrected chi connectivity index (χ0v) is 12.3. The van der Waals surface area contributed by atoms with Crippen molar-refractivity contribution in [3.63, 3.8) is 0 Å². The fraction of sp³-hybridized carbons (Fsp3) is 0.0625. The lowest BCUT2D eigenvalue weighted by Crippen LogP contribution is -2.01. The van der Waals surface area contributed by atoms with Crippen LogP contribution < -0.4 is 0 Å². The molecule has 3 aromatic rings. The van der Waals surface area contributed by atoms with Gasteiger partial charge in [0.05, 0.1) is 23.7 Å². The minimum absolute atomic E-state index is 0.139. The van der Waals surface area contributed by atoms with E-state index in [0.717, 1.165) is 0 Å². The van der Waals surface area contributed by atoms with Crippen LogP contribution in [0.5, 0.6) is 0 Å². The summed E-state index contributed by atoms with van der Waals surface area (Å²) in [5.74, 6) is -0.842. The van der Waals surface area contributed by atoms with Gasteiger partial charge in [-0.15, -0.1) is 0 Å². The summed E-state index contributed by atoms with van der Waals surface area (Å²) in [4.78, 5) is 20.2. The third kappa shape index (κ3) is 2.63. The fourth-order valence-corrected chi connectivity index (χ4v) is 2.34. The molecule has 0 fully saturated rings. The maximum Gasteiger partial charge on any atom is 0.337 e. The van der Waals surface area contributed by atoms with Crippen LogP contribution in [-0.4, -0.2) is 23.0 Å². The van der Waals surface area contributed by atoms with E-state index in [2.05, 4.69) is 14.7 Å². The number of halogens is 2. The van der Waals surface area contributed by atoms with Crippen LogP contribution >= 0.6 is 11.6 Å². The third-order valence-electron chi connectivity index (χ3n) is 3.14. The van der Waals surface area contributed by atoms with Crippen molar-refractivity contribution in [2.24, 2.45) is 0 Å². The van der Waals surface area contributed by atoms with Crippen LogP contribution in [0.3, 0.4) is 0 Å². The molecular weight excluding hydrogens is 307 g/mol. The molecule has 0 aliphatic heterocycles. The Kier molecular flexibility index (Phi) is 3.73. The van der Waals surface area contributed by atoms with Crippen LogP contribution in [0.15, 0.2) is 42.5 Å². The molecule has 0 atom stereocenters. The summed E-state index contributed by atoms with van der Waals surface area (Å²) in [6.45, 7) is 0. The van der Waals surface area contributed by atoms with Crippen LogP contribution in [0.4, 0.5) is 4.39 Å². The smallest absolute Gasteiger partial charge is 0.337 e. The molecule has 0 N–H and O–H groups in total. The number of methoxy groups -OCH3 is 1. The molecule has 4 nitrogen and oxygen atoms in total. The van der Waals surface area contributed by atoms with Gasteiger partial charge in [0, 0.05) is 5.56 Å². The van der Waals surface area contributed by atoms with Gasteiger partial charge in [-0.3, -0.25) is 0 Å². The predicted molar refractivity (Wildman–Crippen MR) is 81.3 cm³/mol. The van der Waals surface area contributed by atoms with E-state index in [-0.39, 0.29) is 11.0 Å². The molecule has 0 saturated carbocycles. The van der Waals surface area contributed by atoms with Crippen molar-refractivity contribution in [2.45, 2.75) is 0 Å². The van der Waals surface area contributed by atoms with Crippen molar-refractivity contribution < 1.29 is 13.9 Å². The van der Waals surface area contributed by atoms with E-state index in [0.29, 0.717) is 27.9 Å². The molecule has 0 radical (unpaired) electrons. The van der Waals surface area contributed by atoms with Gasteiger partial charge in [0.2, 0.25) is 0 Å². The number of aromatic nitrogens is 2. The highest BCUT2D eigenvalue weighted by molar-refractivity contribution is 6.32. The molecule has 2 aromatic carbocycles. The summed E-state index contributed by atoms with van der Waals surface area (Å²) in [5, 5.41) is 0.139. The lowest BCUT2D eigenvalue weighted by molar-refractivity contribution is 0.0601. The van der Waals surface area contributed by atoms with E-state index >= 15 is 0 Å². The molecule has 0 aliphatic carbocycles. The number of benzene rings is 2. The Balaban J connectivity index is 2.15. The standard InChI is InChI=1S/C16H10ClFN2O2/c1-22-16(21)10-5-6-12-13(8-10)20-15(17)14(19-12)9-3-2-4-11(18)7-9/h2-8H,1H3. The van der Waals surface area contributed by atoms with E-state index in [4.69, 9.17) is 11.6 Å². The number of hydrogen-bond donors (Lipinski definition) is 0. The quantitative estimate of drug-likeness (QED) is 0.673. The molecule has 0 saturated heterocycles. The van der Waals surface area contributed by atoms with Gasteiger partial charge in [-0.25, -0.2) is 19.2 Å². The largest absolute Gasteiger partial charge is 0.465 e. The molecule has 0 unspecified atom stereocenters. The SMILES string of the molecule is COC(=O)c1ccc2nc(-c3cccc(F)c3)c(Cl)nc2c1. The van der Waals surface area contributed by atoms with Crippen molar-refractivity contribution in [1.82, 2.24) is 9.97 Å². The van der Waals surface area contributed by atoms with Crippen molar-refractivity contribution in [3.05, 3.63) is 59.0 Å². The van der Waals surface area contributed by atoms with Gasteiger partial charge in [-0.05, 0) is 30.3 Å². The molecule has 1 heterocycles. The number of hydrogen-bond acceptors (Lipinski definition) is 4. The average Bonchev–Trinajstić information content (AvgIpc) is 2.52. The number of carbonyl (C=O) groups is 1. The first kappa shape index (κ1) is 14.4. The van der Waals surface area contributed by atoms with Gasteiger partial charge >= 0.3 is 5.97 Å². The van der Waals surface area contributed by atoms with Crippen LogP contribution in [0.1, 0.15) is 10.4 Å². The van der Waals surface area contributed by atoms with Gasteiger partial charge in [0.1, 0.15) is 11.5 Å². The Morgan fingerprint density at radius 1 is 1.14 bits per heavy atom. The zero-order chi connectivity index (χ0) is 15.7. The third-order valence-corrected chi connectivity index (χ3v) is 3.40. The molecule has 1 aromatic heterocycles. The van der Waals surface area contributed by atoms with Crippen LogP contribution in [0.25, 0.3) is 22.3 Å². The lowest BCUT2D eigenvalue weighted by Gasteiger charge is -2.06. The van der Waals surface area contributed by atoms with E-state index in [1.54, 1.807) is 30.3 Å². The zero-order valence-electron chi connectivity index (χ0n) is 11.5. The minimum atomic E-state index is -0.464. The monoisotopic (exact) mass is 316 g/mol. The molecule has 3 rings (SSSR count). The minimum Gasteiger partial charge on any atom is -0.465 e. The molecule has 110 valence electrons. The predicted octanol–water partition coefficient (Wildman–Crippen LogP) is 3.88. The van der Waals surface area contributed by atoms with Crippen molar-refractivity contribution >= 4 is 28.6 Å². The van der Waals surface area contributed by atoms with E-state index in [1.165, 1.54) is 19.2 Å². The van der Waals surface area contributed by atoms with Crippen LogP contribution in [0, 0.1) is 5.82 Å². The molecule has 22 heavy (non-hydrogen) atoms. The first-order chi connectivity index (χ1) is 10.6. The summed E-state index contributed by atoms with van der Waals surface area (Å²) in [6.07, 6.45) is 0. The number of fused-ring (bicyclic) bond motifs is 1. The van der Waals surface area contributed by atoms with Crippen molar-refractivity contribution in [3.8, 4) is 11.3 Å². The highest BCUT2D eigenvalue weighted by atomic mass is 35.5. The topological polar surface area (TPSA) is 52.1 Å². The summed E-state index contributed by atoms with van der Waals surface area (Å²) < 4.78 is 18.0. The molecular formula is C16H10ClFN2O2. The lowest BCUT2D eigenvalue weighted by atomic mass is 10.1. The molecule has 6 heteroatoms. The Bertz CT molecular complexity index is 883. The second-order valence-corrected chi connectivity index (χ2v) is 4.93. The van der Waals surface area contributed by atoms with Gasteiger partial charge in [0.15, 0.2) is 5.15 Å². The number of esters is 1. The Morgan fingerprint density at radius 2 is 1.95 bits per heavy atom. The highest BCUT2D eigenvalue weighted by Gasteiger charge is 2.12. The Morgan fingerprint density at radius 3 is 2.68 bits per heavy atom. The first-order valence-corrected chi connectivity index (χ1v) is 6.78. The van der Waals surface area contributed by atoms with Crippen molar-refractivity contribution in [2.75, 3.05) is 7.11 Å². The van der Waals surface area contributed by atoms with Crippen molar-refractivity contribution in [1.29, 1.82) is 0 Å². The van der Waals surface area contributed by atoms with Gasteiger partial charge in [-0.2, -0.15) is 0 Å². The number of rotatable bonds is 2. The van der Waals surface area contributed by atoms with E-state index < -0.39 is 5.97 Å². The Labute approximate surface area is 130 Å². The Hall–Kier alpha value is -2.53. The normalized spacial score (nSPS) is 10.7. The van der Waals surface area contributed by atoms with Gasteiger partial charge in [-0.1, -0.05) is 23.7 Å². The molecule has 0 spiro atoms. The summed E-state index contributed by atoms with van der Waals surface area (Å²) in [5.41, 5.74) is 2.30. The first-order valence-electron chi connectivity index (χ1n) is 6.40. The molecule has 0 aliphatic rings. The maximum absolute atomic E-state index is 13.3. The number of carbonyl (C=O) groups excluding carboxylic acids is 1. The van der Waals surface area contributed by atoms with Crippen LogP contribution in [-0.2, 0) is 4.74 Å². The summed E-state index contributed by atoms with van der Waals surface area (Å²) in [6, 6.07) is 10.7. The van der Waals surface area contributed by atoms with Gasteiger partial charge in [0.25, 0.3) is 0 Å². The number of nitrogens with zero attached hydrogens (tertiary/aromatic N) is 2. The van der Waals surface area contributed by atoms with E-state index in [9.17, 15) is 9.18 Å². The second kappa shape index (κ2) is 5.69. The number of ether oxygens (including phenoxy) is 1. The highest BCUT2D eigenvalue weighted by Crippen LogP contribution is 2.27. The molecule has 0 amide bonds. The van der Waals surface area contributed by atoms with Crippen LogP contribution in [0.2, 0.25) is 5.15 Å². The fourth-order valence-electron chi connectivity index (χ4n) is 2.10. The summed E-state index contributed by atoms with van der Waals surface area (Å²) in [7, 11) is 1.30. The maximum atomic E-state index is 13.3.